The summed E-state index contributed by atoms with van der Waals surface area (Å²) in [7, 11) is 0. The maximum absolute atomic E-state index is 12.8. The molecule has 2 amide bonds. The van der Waals surface area contributed by atoms with Crippen molar-refractivity contribution in [1.82, 2.24) is 0 Å². The highest BCUT2D eigenvalue weighted by atomic mass is 16.5. The van der Waals surface area contributed by atoms with Crippen molar-refractivity contribution in [2.45, 2.75) is 20.3 Å². The van der Waals surface area contributed by atoms with Crippen LogP contribution in [0.5, 0.6) is 5.75 Å². The third-order valence-corrected chi connectivity index (χ3v) is 5.17. The maximum Gasteiger partial charge on any atom is 0.336 e. The molecular weight excluding hydrogens is 384 g/mol. The minimum atomic E-state index is -0.493. The SMILES string of the molecule is CCOc1ccccc1N1C[C@H](C(=O)Nc2ccc3c(C)cc(=O)oc3c2)CC1=O. The summed E-state index contributed by atoms with van der Waals surface area (Å²) in [6, 6.07) is 13.9. The molecular formula is C23H22N2O5. The Hall–Kier alpha value is -3.61. The van der Waals surface area contributed by atoms with E-state index in [-0.39, 0.29) is 24.8 Å². The summed E-state index contributed by atoms with van der Waals surface area (Å²) in [5, 5.41) is 3.64. The normalized spacial score (nSPS) is 16.1. The molecule has 4 rings (SSSR count). The molecule has 0 unspecified atom stereocenters. The summed E-state index contributed by atoms with van der Waals surface area (Å²) >= 11 is 0. The first kappa shape index (κ1) is 19.7. The van der Waals surface area contributed by atoms with E-state index < -0.39 is 11.5 Å². The van der Waals surface area contributed by atoms with E-state index in [1.54, 1.807) is 23.1 Å². The Balaban J connectivity index is 1.52. The second kappa shape index (κ2) is 8.02. The number of ether oxygens (including phenoxy) is 1. The molecule has 7 heteroatoms. The zero-order valence-electron chi connectivity index (χ0n) is 16.8. The van der Waals surface area contributed by atoms with Gasteiger partial charge in [0.05, 0.1) is 18.2 Å². The molecule has 1 aliphatic heterocycles. The van der Waals surface area contributed by atoms with Crippen molar-refractivity contribution >= 4 is 34.2 Å². The topological polar surface area (TPSA) is 88.8 Å². The maximum atomic E-state index is 12.8. The molecule has 1 saturated heterocycles. The van der Waals surface area contributed by atoms with Crippen LogP contribution < -0.4 is 20.6 Å². The molecule has 1 fully saturated rings. The van der Waals surface area contributed by atoms with Crippen LogP contribution in [0.4, 0.5) is 11.4 Å². The van der Waals surface area contributed by atoms with Gasteiger partial charge in [0.25, 0.3) is 0 Å². The van der Waals surface area contributed by atoms with Crippen LogP contribution in [0.1, 0.15) is 18.9 Å². The number of hydrogen-bond acceptors (Lipinski definition) is 5. The van der Waals surface area contributed by atoms with Crippen molar-refractivity contribution in [3.8, 4) is 5.75 Å². The molecule has 30 heavy (non-hydrogen) atoms. The van der Waals surface area contributed by atoms with E-state index in [0.29, 0.717) is 29.3 Å². The summed E-state index contributed by atoms with van der Waals surface area (Å²) in [4.78, 5) is 38.6. The molecule has 1 N–H and O–H groups in total. The van der Waals surface area contributed by atoms with E-state index in [1.165, 1.54) is 6.07 Å². The smallest absolute Gasteiger partial charge is 0.336 e. The standard InChI is InChI=1S/C23H22N2O5/c1-3-29-19-7-5-4-6-18(19)25-13-15(11-21(25)26)23(28)24-16-8-9-17-14(2)10-22(27)30-20(17)12-16/h4-10,12,15H,3,11,13H2,1-2H3,(H,24,28)/t15-/m1/s1. The Morgan fingerprint density at radius 3 is 2.80 bits per heavy atom. The molecule has 0 saturated carbocycles. The summed E-state index contributed by atoms with van der Waals surface area (Å²) < 4.78 is 10.9. The fourth-order valence-electron chi connectivity index (χ4n) is 3.72. The minimum absolute atomic E-state index is 0.119. The number of anilines is 2. The van der Waals surface area contributed by atoms with Gasteiger partial charge in [-0.05, 0) is 43.7 Å². The Morgan fingerprint density at radius 1 is 1.20 bits per heavy atom. The zero-order valence-corrected chi connectivity index (χ0v) is 16.8. The van der Waals surface area contributed by atoms with E-state index in [9.17, 15) is 14.4 Å². The van der Waals surface area contributed by atoms with Gasteiger partial charge in [0.2, 0.25) is 11.8 Å². The zero-order chi connectivity index (χ0) is 21.3. The number of carbonyl (C=O) groups excluding carboxylic acids is 2. The fraction of sp³-hybridized carbons (Fsp3) is 0.261. The van der Waals surface area contributed by atoms with Crippen molar-refractivity contribution in [1.29, 1.82) is 0 Å². The van der Waals surface area contributed by atoms with E-state index in [0.717, 1.165) is 10.9 Å². The summed E-state index contributed by atoms with van der Waals surface area (Å²) in [5.41, 5.74) is 1.97. The second-order valence-electron chi connectivity index (χ2n) is 7.25. The second-order valence-corrected chi connectivity index (χ2v) is 7.25. The predicted octanol–water partition coefficient (Wildman–Crippen LogP) is 3.49. The first-order valence-electron chi connectivity index (χ1n) is 9.84. The quantitative estimate of drug-likeness (QED) is 0.655. The lowest BCUT2D eigenvalue weighted by Crippen LogP contribution is -2.28. The monoisotopic (exact) mass is 406 g/mol. The predicted molar refractivity (Wildman–Crippen MR) is 114 cm³/mol. The molecule has 2 heterocycles. The Labute approximate surface area is 173 Å². The number of benzene rings is 2. The molecule has 154 valence electrons. The summed E-state index contributed by atoms with van der Waals surface area (Å²) in [6.07, 6.45) is 0.119. The number of carbonyl (C=O) groups is 2. The third-order valence-electron chi connectivity index (χ3n) is 5.17. The highest BCUT2D eigenvalue weighted by Crippen LogP contribution is 2.33. The first-order chi connectivity index (χ1) is 14.5. The van der Waals surface area contributed by atoms with Crippen molar-refractivity contribution in [2.24, 2.45) is 5.92 Å². The number of nitrogens with zero attached hydrogens (tertiary/aromatic N) is 1. The van der Waals surface area contributed by atoms with Crippen LogP contribution in [0.2, 0.25) is 0 Å². The van der Waals surface area contributed by atoms with Crippen LogP contribution in [0, 0.1) is 12.8 Å². The highest BCUT2D eigenvalue weighted by Gasteiger charge is 2.36. The molecule has 0 aliphatic carbocycles. The number of fused-ring (bicyclic) bond motifs is 1. The van der Waals surface area contributed by atoms with Crippen LogP contribution in [0.3, 0.4) is 0 Å². The Morgan fingerprint density at radius 2 is 2.00 bits per heavy atom. The molecule has 1 atom stereocenters. The lowest BCUT2D eigenvalue weighted by Gasteiger charge is -2.20. The third kappa shape index (κ3) is 3.78. The molecule has 2 aromatic carbocycles. The van der Waals surface area contributed by atoms with Gasteiger partial charge >= 0.3 is 5.63 Å². The van der Waals surface area contributed by atoms with Gasteiger partial charge in [-0.2, -0.15) is 0 Å². The summed E-state index contributed by atoms with van der Waals surface area (Å²) in [6.45, 7) is 4.47. The molecule has 1 aromatic heterocycles. The number of aryl methyl sites for hydroxylation is 1. The molecule has 3 aromatic rings. The van der Waals surface area contributed by atoms with E-state index in [2.05, 4.69) is 5.32 Å². The summed E-state index contributed by atoms with van der Waals surface area (Å²) in [5.74, 6) is -0.252. The van der Waals surface area contributed by atoms with Gasteiger partial charge in [-0.1, -0.05) is 12.1 Å². The van der Waals surface area contributed by atoms with Gasteiger partial charge in [0.15, 0.2) is 0 Å². The number of para-hydroxylation sites is 2. The van der Waals surface area contributed by atoms with Gasteiger partial charge in [0, 0.05) is 36.2 Å². The average molecular weight is 406 g/mol. The van der Waals surface area contributed by atoms with Crippen LogP contribution in [0.15, 0.2) is 57.7 Å². The average Bonchev–Trinajstić information content (AvgIpc) is 3.10. The number of nitrogens with one attached hydrogen (secondary N) is 1. The van der Waals surface area contributed by atoms with Gasteiger partial charge < -0.3 is 19.4 Å². The van der Waals surface area contributed by atoms with Crippen molar-refractivity contribution in [2.75, 3.05) is 23.4 Å². The number of hydrogen-bond donors (Lipinski definition) is 1. The van der Waals surface area contributed by atoms with Crippen LogP contribution in [-0.4, -0.2) is 25.0 Å². The van der Waals surface area contributed by atoms with Crippen molar-refractivity contribution in [3.05, 3.63) is 64.5 Å². The van der Waals surface area contributed by atoms with Crippen LogP contribution in [-0.2, 0) is 9.59 Å². The highest BCUT2D eigenvalue weighted by molar-refractivity contribution is 6.04. The fourth-order valence-corrected chi connectivity index (χ4v) is 3.72. The van der Waals surface area contributed by atoms with Gasteiger partial charge in [-0.3, -0.25) is 9.59 Å². The molecule has 0 bridgehead atoms. The first-order valence-corrected chi connectivity index (χ1v) is 9.84. The molecule has 0 radical (unpaired) electrons. The van der Waals surface area contributed by atoms with Crippen molar-refractivity contribution < 1.29 is 18.7 Å². The van der Waals surface area contributed by atoms with Gasteiger partial charge in [-0.15, -0.1) is 0 Å². The minimum Gasteiger partial charge on any atom is -0.492 e. The van der Waals surface area contributed by atoms with Gasteiger partial charge in [0.1, 0.15) is 11.3 Å². The molecule has 1 aliphatic rings. The number of rotatable bonds is 5. The lowest BCUT2D eigenvalue weighted by atomic mass is 10.1. The Kier molecular flexibility index (Phi) is 5.27. The van der Waals surface area contributed by atoms with Gasteiger partial charge in [-0.25, -0.2) is 4.79 Å². The largest absolute Gasteiger partial charge is 0.492 e. The molecule has 0 spiro atoms. The lowest BCUT2D eigenvalue weighted by molar-refractivity contribution is -0.122. The Bertz CT molecular complexity index is 1180. The molecule has 7 nitrogen and oxygen atoms in total. The van der Waals surface area contributed by atoms with E-state index in [4.69, 9.17) is 9.15 Å². The van der Waals surface area contributed by atoms with Crippen LogP contribution in [0.25, 0.3) is 11.0 Å². The number of amides is 2. The van der Waals surface area contributed by atoms with Crippen molar-refractivity contribution in [3.63, 3.8) is 0 Å². The van der Waals surface area contributed by atoms with E-state index in [1.807, 2.05) is 38.1 Å². The van der Waals surface area contributed by atoms with E-state index >= 15 is 0 Å². The van der Waals surface area contributed by atoms with Crippen LogP contribution >= 0.6 is 0 Å².